The van der Waals surface area contributed by atoms with Gasteiger partial charge in [-0.2, -0.15) is 10.1 Å². The standard InChI is InChI=1S/C23H15FN2O4/c1-13-20(22(27)26(25-13)17-5-3-16(24)4-6-17)11-18-7-9-21(30-18)14-2-8-19-15(10-14)12-29-23(19)28/h2-11H,12H2,1H3. The van der Waals surface area contributed by atoms with Crippen LogP contribution >= 0.6 is 0 Å². The van der Waals surface area contributed by atoms with Gasteiger partial charge >= 0.3 is 5.97 Å². The number of furan rings is 1. The molecule has 1 amide bonds. The summed E-state index contributed by atoms with van der Waals surface area (Å²) in [5.74, 6) is 0.0930. The van der Waals surface area contributed by atoms with Crippen molar-refractivity contribution in [2.24, 2.45) is 5.10 Å². The molecule has 0 radical (unpaired) electrons. The molecule has 0 saturated carbocycles. The number of hydrogen-bond acceptors (Lipinski definition) is 5. The number of hydrogen-bond donors (Lipinski definition) is 0. The van der Waals surface area contributed by atoms with Crippen LogP contribution in [0.5, 0.6) is 0 Å². The smallest absolute Gasteiger partial charge is 0.338 e. The first-order chi connectivity index (χ1) is 14.5. The highest BCUT2D eigenvalue weighted by atomic mass is 19.1. The van der Waals surface area contributed by atoms with Crippen molar-refractivity contribution in [2.45, 2.75) is 13.5 Å². The molecule has 6 nitrogen and oxygen atoms in total. The first kappa shape index (κ1) is 18.1. The third-order valence-corrected chi connectivity index (χ3v) is 5.02. The molecule has 0 unspecified atom stereocenters. The van der Waals surface area contributed by atoms with Crippen LogP contribution in [0.1, 0.15) is 28.6 Å². The summed E-state index contributed by atoms with van der Waals surface area (Å²) >= 11 is 0. The lowest BCUT2D eigenvalue weighted by molar-refractivity contribution is -0.114. The van der Waals surface area contributed by atoms with E-state index in [4.69, 9.17) is 9.15 Å². The second-order valence-corrected chi connectivity index (χ2v) is 6.99. The largest absolute Gasteiger partial charge is 0.457 e. The van der Waals surface area contributed by atoms with Gasteiger partial charge in [-0.05, 0) is 61.5 Å². The van der Waals surface area contributed by atoms with Gasteiger partial charge in [0.25, 0.3) is 5.91 Å². The second kappa shape index (κ2) is 6.81. The maximum Gasteiger partial charge on any atom is 0.338 e. The van der Waals surface area contributed by atoms with Crippen molar-refractivity contribution in [1.29, 1.82) is 0 Å². The molecular weight excluding hydrogens is 387 g/mol. The molecule has 7 heteroatoms. The lowest BCUT2D eigenvalue weighted by Gasteiger charge is -2.11. The van der Waals surface area contributed by atoms with E-state index in [0.717, 1.165) is 11.1 Å². The molecule has 0 fully saturated rings. The van der Waals surface area contributed by atoms with Crippen LogP contribution in [0.15, 0.2) is 69.7 Å². The SMILES string of the molecule is CC1=NN(c2ccc(F)cc2)C(=O)C1=Cc1ccc(-c2ccc3c(c2)COC3=O)o1. The van der Waals surface area contributed by atoms with E-state index in [1.807, 2.05) is 6.07 Å². The molecule has 0 atom stereocenters. The lowest BCUT2D eigenvalue weighted by atomic mass is 10.0. The summed E-state index contributed by atoms with van der Waals surface area (Å²) in [4.78, 5) is 24.4. The minimum atomic E-state index is -0.382. The molecule has 1 aromatic heterocycles. The van der Waals surface area contributed by atoms with Gasteiger partial charge in [-0.15, -0.1) is 0 Å². The van der Waals surface area contributed by atoms with Crippen LogP contribution in [-0.4, -0.2) is 17.6 Å². The highest BCUT2D eigenvalue weighted by Crippen LogP contribution is 2.30. The third kappa shape index (κ3) is 3.00. The average Bonchev–Trinajstić information content (AvgIpc) is 3.43. The summed E-state index contributed by atoms with van der Waals surface area (Å²) in [6.07, 6.45) is 1.63. The highest BCUT2D eigenvalue weighted by molar-refractivity contribution is 6.32. The van der Waals surface area contributed by atoms with Crippen molar-refractivity contribution < 1.29 is 23.1 Å². The summed E-state index contributed by atoms with van der Waals surface area (Å²) in [5.41, 5.74) is 3.62. The monoisotopic (exact) mass is 402 g/mol. The molecule has 3 heterocycles. The van der Waals surface area contributed by atoms with Gasteiger partial charge in [0.05, 0.1) is 22.5 Å². The minimum Gasteiger partial charge on any atom is -0.457 e. The van der Waals surface area contributed by atoms with Crippen LogP contribution < -0.4 is 5.01 Å². The average molecular weight is 402 g/mol. The van der Waals surface area contributed by atoms with Gasteiger partial charge in [0.2, 0.25) is 0 Å². The summed E-state index contributed by atoms with van der Waals surface area (Å²) in [6, 6.07) is 14.5. The van der Waals surface area contributed by atoms with Gasteiger partial charge in [0.1, 0.15) is 23.9 Å². The molecule has 5 rings (SSSR count). The van der Waals surface area contributed by atoms with Gasteiger partial charge in [0.15, 0.2) is 0 Å². The Hall–Kier alpha value is -4.00. The van der Waals surface area contributed by atoms with E-state index in [1.165, 1.54) is 29.3 Å². The molecule has 30 heavy (non-hydrogen) atoms. The third-order valence-electron chi connectivity index (χ3n) is 5.02. The van der Waals surface area contributed by atoms with Crippen molar-refractivity contribution in [3.8, 4) is 11.3 Å². The van der Waals surface area contributed by atoms with Crippen LogP contribution in [0, 0.1) is 5.82 Å². The highest BCUT2D eigenvalue weighted by Gasteiger charge is 2.29. The normalized spacial score (nSPS) is 16.8. The van der Waals surface area contributed by atoms with Gasteiger partial charge in [0, 0.05) is 11.1 Å². The van der Waals surface area contributed by atoms with Gasteiger partial charge in [-0.25, -0.2) is 9.18 Å². The van der Waals surface area contributed by atoms with Crippen molar-refractivity contribution in [3.63, 3.8) is 0 Å². The van der Waals surface area contributed by atoms with Crippen LogP contribution in [0.25, 0.3) is 17.4 Å². The van der Waals surface area contributed by atoms with E-state index in [0.29, 0.717) is 34.1 Å². The Bertz CT molecular complexity index is 1250. The Balaban J connectivity index is 1.42. The summed E-state index contributed by atoms with van der Waals surface area (Å²) in [5, 5.41) is 5.52. The van der Waals surface area contributed by atoms with E-state index in [2.05, 4.69) is 5.10 Å². The molecule has 0 spiro atoms. The Morgan fingerprint density at radius 2 is 1.87 bits per heavy atom. The number of amides is 1. The number of cyclic esters (lactones) is 1. The Labute approximate surface area is 170 Å². The second-order valence-electron chi connectivity index (χ2n) is 6.99. The topological polar surface area (TPSA) is 72.1 Å². The Morgan fingerprint density at radius 1 is 1.07 bits per heavy atom. The number of carbonyl (C=O) groups excluding carboxylic acids is 2. The van der Waals surface area contributed by atoms with Crippen LogP contribution in [0.4, 0.5) is 10.1 Å². The predicted molar refractivity (Wildman–Crippen MR) is 108 cm³/mol. The maximum atomic E-state index is 13.2. The number of esters is 1. The van der Waals surface area contributed by atoms with Gasteiger partial charge in [-0.3, -0.25) is 4.79 Å². The number of anilines is 1. The first-order valence-corrected chi connectivity index (χ1v) is 9.27. The Kier molecular flexibility index (Phi) is 4.10. The molecule has 2 aromatic carbocycles. The number of benzene rings is 2. The number of ether oxygens (including phenoxy) is 1. The van der Waals surface area contributed by atoms with Crippen molar-refractivity contribution in [3.05, 3.63) is 82.9 Å². The van der Waals surface area contributed by atoms with Crippen molar-refractivity contribution in [1.82, 2.24) is 0 Å². The molecule has 2 aliphatic rings. The zero-order chi connectivity index (χ0) is 20.8. The van der Waals surface area contributed by atoms with Crippen LogP contribution in [-0.2, 0) is 16.1 Å². The van der Waals surface area contributed by atoms with E-state index >= 15 is 0 Å². The fourth-order valence-electron chi connectivity index (χ4n) is 3.46. The molecule has 0 bridgehead atoms. The molecule has 148 valence electrons. The molecule has 3 aromatic rings. The van der Waals surface area contributed by atoms with Crippen LogP contribution in [0.3, 0.4) is 0 Å². The van der Waals surface area contributed by atoms with E-state index < -0.39 is 0 Å². The number of hydrazone groups is 1. The van der Waals surface area contributed by atoms with Crippen molar-refractivity contribution in [2.75, 3.05) is 5.01 Å². The van der Waals surface area contributed by atoms with Crippen molar-refractivity contribution >= 4 is 29.4 Å². The molecule has 0 N–H and O–H groups in total. The summed E-state index contributed by atoms with van der Waals surface area (Å²) in [6.45, 7) is 1.98. The summed E-state index contributed by atoms with van der Waals surface area (Å²) < 4.78 is 24.1. The number of nitrogens with zero attached hydrogens (tertiary/aromatic N) is 2. The fraction of sp³-hybridized carbons (Fsp3) is 0.0870. The zero-order valence-corrected chi connectivity index (χ0v) is 15.9. The van der Waals surface area contributed by atoms with Gasteiger partial charge < -0.3 is 9.15 Å². The fourth-order valence-corrected chi connectivity index (χ4v) is 3.46. The number of halogens is 1. The minimum absolute atomic E-state index is 0.253. The predicted octanol–water partition coefficient (Wildman–Crippen LogP) is 4.56. The molecule has 0 aliphatic carbocycles. The number of rotatable bonds is 3. The van der Waals surface area contributed by atoms with Gasteiger partial charge in [-0.1, -0.05) is 6.07 Å². The number of fused-ring (bicyclic) bond motifs is 1. The molecule has 0 saturated heterocycles. The number of carbonyl (C=O) groups is 2. The van der Waals surface area contributed by atoms with E-state index in [-0.39, 0.29) is 24.3 Å². The molecular formula is C23H15FN2O4. The van der Waals surface area contributed by atoms with E-state index in [1.54, 1.807) is 37.3 Å². The van der Waals surface area contributed by atoms with Crippen LogP contribution in [0.2, 0.25) is 0 Å². The van der Waals surface area contributed by atoms with E-state index in [9.17, 15) is 14.0 Å². The molecule has 2 aliphatic heterocycles. The quantitative estimate of drug-likeness (QED) is 0.476. The zero-order valence-electron chi connectivity index (χ0n) is 15.9. The summed E-state index contributed by atoms with van der Waals surface area (Å²) in [7, 11) is 0. The Morgan fingerprint density at radius 3 is 2.67 bits per heavy atom. The lowest BCUT2D eigenvalue weighted by Crippen LogP contribution is -2.21. The first-order valence-electron chi connectivity index (χ1n) is 9.27. The maximum absolute atomic E-state index is 13.2.